The number of carbonyl (C=O) groups is 1. The maximum atomic E-state index is 14.4. The van der Waals surface area contributed by atoms with E-state index in [1.165, 1.54) is 18.4 Å². The predicted molar refractivity (Wildman–Crippen MR) is 184 cm³/mol. The molecule has 3 aromatic rings. The molecule has 4 aliphatic carbocycles. The van der Waals surface area contributed by atoms with Gasteiger partial charge >= 0.3 is 0 Å². The summed E-state index contributed by atoms with van der Waals surface area (Å²) in [6.45, 7) is 9.35. The Labute approximate surface area is 271 Å². The Morgan fingerprint density at radius 3 is 2.20 bits per heavy atom. The Balaban J connectivity index is 1.17. The first-order valence-electron chi connectivity index (χ1n) is 17.4. The molecule has 0 bridgehead atoms. The molecule has 0 saturated heterocycles. The fourth-order valence-electron chi connectivity index (χ4n) is 10.7. The molecule has 2 heterocycles. The van der Waals surface area contributed by atoms with Crippen molar-refractivity contribution >= 4 is 45.3 Å². The summed E-state index contributed by atoms with van der Waals surface area (Å²) in [4.78, 5) is 14.4. The molecule has 5 N–H and O–H groups in total. The van der Waals surface area contributed by atoms with Gasteiger partial charge in [-0.2, -0.15) is 0 Å². The van der Waals surface area contributed by atoms with Gasteiger partial charge in [-0.25, -0.2) is 0 Å². The molecule has 2 fully saturated rings. The van der Waals surface area contributed by atoms with Crippen LogP contribution in [0.2, 0.25) is 0 Å². The second-order valence-electron chi connectivity index (χ2n) is 15.9. The van der Waals surface area contributed by atoms with E-state index in [4.69, 9.17) is 0 Å². The van der Waals surface area contributed by atoms with E-state index >= 15 is 0 Å². The van der Waals surface area contributed by atoms with Crippen molar-refractivity contribution in [3.05, 3.63) is 88.2 Å². The van der Waals surface area contributed by atoms with Gasteiger partial charge in [-0.05, 0) is 72.4 Å². The van der Waals surface area contributed by atoms with Crippen LogP contribution in [0.4, 0.5) is 17.1 Å². The fraction of sp³-hybridized carbons (Fsp3) is 0.425. The highest BCUT2D eigenvalue weighted by Crippen LogP contribution is 2.51. The molecule has 0 aromatic heterocycles. The number of nitrogens with two attached hydrogens (primary N) is 1. The van der Waals surface area contributed by atoms with E-state index in [0.29, 0.717) is 34.8 Å². The number of nitrogens with one attached hydrogen (secondary N) is 3. The monoisotopic (exact) mass is 612 g/mol. The van der Waals surface area contributed by atoms with Gasteiger partial charge < -0.3 is 26.4 Å². The van der Waals surface area contributed by atoms with Crippen LogP contribution in [0.25, 0.3) is 22.4 Å². The molecule has 0 amide bonds. The van der Waals surface area contributed by atoms with Crippen LogP contribution in [-0.2, 0) is 4.79 Å². The van der Waals surface area contributed by atoms with Crippen molar-refractivity contribution in [1.29, 1.82) is 0 Å². The fourth-order valence-corrected chi connectivity index (χ4v) is 10.7. The van der Waals surface area contributed by atoms with E-state index in [-0.39, 0.29) is 28.9 Å². The maximum absolute atomic E-state index is 14.4. The smallest absolute Gasteiger partial charge is 0.193 e. The van der Waals surface area contributed by atoms with E-state index in [1.54, 1.807) is 0 Å². The highest BCUT2D eigenvalue weighted by Gasteiger charge is 2.50. The van der Waals surface area contributed by atoms with Gasteiger partial charge in [0, 0.05) is 57.4 Å². The molecular weight excluding hydrogens is 568 g/mol. The normalized spacial score (nSPS) is 35.8. The van der Waals surface area contributed by atoms with Crippen molar-refractivity contribution in [1.82, 2.24) is 0 Å². The Morgan fingerprint density at radius 1 is 0.761 bits per heavy atom. The van der Waals surface area contributed by atoms with Crippen LogP contribution in [0.3, 0.4) is 0 Å². The lowest BCUT2D eigenvalue weighted by molar-refractivity contribution is -0.757. The molecule has 5 unspecified atom stereocenters. The van der Waals surface area contributed by atoms with Crippen LogP contribution in [0.1, 0.15) is 89.0 Å². The summed E-state index contributed by atoms with van der Waals surface area (Å²) in [6.07, 6.45) is 10.7. The zero-order chi connectivity index (χ0) is 31.5. The molecule has 6 aliphatic rings. The number of quaternary nitrogens is 1. The van der Waals surface area contributed by atoms with Crippen LogP contribution in [0.15, 0.2) is 71.5 Å². The third-order valence-corrected chi connectivity index (χ3v) is 11.8. The zero-order valence-electron chi connectivity index (χ0n) is 27.3. The molecule has 6 heteroatoms. The topological polar surface area (TPSA) is 92.8 Å². The standard InChI is InChI=1S/C40H44N4O2/c1-21-15-22(2)18-39(17-21)41-29-9-5-7-25-11-13-27(35(43-39)31(25)29)33-37(45)34(38(33)46)28-14-12-26-8-6-10-30-32(26)36(28)44-40(42-30)19-23(3)16-24(4)20-40/h5-14,21-24,35,41-45H,15-20H2,1-4H3/b33-27+. The van der Waals surface area contributed by atoms with Gasteiger partial charge in [0.1, 0.15) is 11.7 Å². The van der Waals surface area contributed by atoms with E-state index < -0.39 is 0 Å². The lowest BCUT2D eigenvalue weighted by Gasteiger charge is -2.49. The summed E-state index contributed by atoms with van der Waals surface area (Å²) in [5, 5.41) is 30.7. The molecule has 2 spiro atoms. The zero-order valence-corrected chi connectivity index (χ0v) is 27.3. The van der Waals surface area contributed by atoms with E-state index in [1.807, 2.05) is 12.1 Å². The molecule has 2 saturated carbocycles. The maximum Gasteiger partial charge on any atom is 0.193 e. The van der Waals surface area contributed by atoms with Gasteiger partial charge in [0.15, 0.2) is 11.4 Å². The third kappa shape index (κ3) is 4.08. The number of hydrogen-bond donors (Lipinski definition) is 4. The molecule has 5 atom stereocenters. The minimum absolute atomic E-state index is 0.0863. The van der Waals surface area contributed by atoms with Crippen LogP contribution in [-0.4, -0.2) is 17.1 Å². The quantitative estimate of drug-likeness (QED) is 0.230. The van der Waals surface area contributed by atoms with Crippen LogP contribution < -0.4 is 26.4 Å². The predicted octanol–water partition coefficient (Wildman–Crippen LogP) is 6.69. The third-order valence-electron chi connectivity index (χ3n) is 11.8. The second kappa shape index (κ2) is 9.74. The van der Waals surface area contributed by atoms with Gasteiger partial charge in [-0.1, -0.05) is 82.0 Å². The van der Waals surface area contributed by atoms with Gasteiger partial charge in [-0.3, -0.25) is 4.79 Å². The first-order chi connectivity index (χ1) is 22.1. The summed E-state index contributed by atoms with van der Waals surface area (Å²) in [5.74, 6) is 2.11. The van der Waals surface area contributed by atoms with Crippen molar-refractivity contribution < 1.29 is 15.2 Å². The summed E-state index contributed by atoms with van der Waals surface area (Å²) in [7, 11) is 0. The number of allylic oxidation sites excluding steroid dienone is 2. The first kappa shape index (κ1) is 28.2. The van der Waals surface area contributed by atoms with Gasteiger partial charge in [0.05, 0.1) is 5.69 Å². The Hall–Kier alpha value is -4.03. The number of Topliss-reactive ketones (excluding diaryl/α,β-unsaturated/α-hetero) is 1. The highest BCUT2D eigenvalue weighted by molar-refractivity contribution is 6.40. The molecule has 2 aliphatic heterocycles. The van der Waals surface area contributed by atoms with Crippen LogP contribution in [0.5, 0.6) is 0 Å². The Morgan fingerprint density at radius 2 is 1.46 bits per heavy atom. The number of ketones is 1. The van der Waals surface area contributed by atoms with Crippen LogP contribution >= 0.6 is 0 Å². The molecule has 236 valence electrons. The van der Waals surface area contributed by atoms with E-state index in [9.17, 15) is 9.90 Å². The van der Waals surface area contributed by atoms with Crippen molar-refractivity contribution in [3.63, 3.8) is 0 Å². The number of anilines is 3. The molecule has 46 heavy (non-hydrogen) atoms. The molecule has 3 aromatic carbocycles. The van der Waals surface area contributed by atoms with Crippen molar-refractivity contribution in [3.8, 4) is 0 Å². The van der Waals surface area contributed by atoms with Gasteiger partial charge in [0.2, 0.25) is 0 Å². The van der Waals surface area contributed by atoms with E-state index in [0.717, 1.165) is 70.2 Å². The second-order valence-corrected chi connectivity index (χ2v) is 15.9. The van der Waals surface area contributed by atoms with Crippen molar-refractivity contribution in [2.24, 2.45) is 23.7 Å². The average molecular weight is 613 g/mol. The van der Waals surface area contributed by atoms with Gasteiger partial charge in [-0.15, -0.1) is 0 Å². The van der Waals surface area contributed by atoms with Crippen molar-refractivity contribution in [2.75, 3.05) is 16.0 Å². The lowest BCUT2D eigenvalue weighted by Crippen LogP contribution is -3.02. The summed E-state index contributed by atoms with van der Waals surface area (Å²) in [5.41, 5.74) is 7.36. The Bertz CT molecular complexity index is 1910. The SMILES string of the molecule is CC1CC(C)CC2(C1)Nc1cccc3ccc(C4=C([O-])/C(=C5/C=Cc6cccc7c6C5[NH2+]C5(CC(C)CC(C)C5)N7)C4=O)c(c13)N2. The molecular formula is C40H44N4O2. The molecule has 9 rings (SSSR count). The van der Waals surface area contributed by atoms with Gasteiger partial charge in [0.25, 0.3) is 0 Å². The highest BCUT2D eigenvalue weighted by atomic mass is 16.3. The average Bonchev–Trinajstić information content (AvgIpc) is 2.98. The number of rotatable bonds is 1. The molecule has 6 nitrogen and oxygen atoms in total. The first-order valence-corrected chi connectivity index (χ1v) is 17.4. The summed E-state index contributed by atoms with van der Waals surface area (Å²) >= 11 is 0. The number of benzene rings is 3. The molecule has 0 radical (unpaired) electrons. The largest absolute Gasteiger partial charge is 0.871 e. The number of hydrogen-bond acceptors (Lipinski definition) is 5. The Kier molecular flexibility index (Phi) is 5.97. The van der Waals surface area contributed by atoms with E-state index in [2.05, 4.69) is 97.5 Å². The number of carbonyl (C=O) groups excluding carboxylic acids is 1. The van der Waals surface area contributed by atoms with Crippen molar-refractivity contribution in [2.45, 2.75) is 83.6 Å². The minimum Gasteiger partial charge on any atom is -0.871 e. The minimum atomic E-state index is -0.301. The summed E-state index contributed by atoms with van der Waals surface area (Å²) in [6, 6.07) is 16.7. The lowest BCUT2D eigenvalue weighted by atomic mass is 9.71. The summed E-state index contributed by atoms with van der Waals surface area (Å²) < 4.78 is 0. The van der Waals surface area contributed by atoms with Crippen LogP contribution in [0, 0.1) is 23.7 Å².